The molecule has 0 radical (unpaired) electrons. The van der Waals surface area contributed by atoms with Crippen molar-refractivity contribution >= 4 is 0 Å². The Morgan fingerprint density at radius 2 is 1.79 bits per heavy atom. The molecule has 1 aromatic heterocycles. The molecule has 0 amide bonds. The third-order valence-electron chi connectivity index (χ3n) is 1.93. The van der Waals surface area contributed by atoms with Crippen molar-refractivity contribution in [3.05, 3.63) is 17.3 Å². The first-order valence-corrected chi connectivity index (χ1v) is 4.60. The molecule has 1 aromatic rings. The quantitative estimate of drug-likeness (QED) is 0.869. The average molecular weight is 291 g/mol. The Bertz CT molecular complexity index is 456. The van der Waals surface area contributed by atoms with Gasteiger partial charge in [-0.1, -0.05) is 0 Å². The van der Waals surface area contributed by atoms with Gasteiger partial charge in [-0.25, -0.2) is 4.98 Å². The molecule has 0 atom stereocenters. The summed E-state index contributed by atoms with van der Waals surface area (Å²) in [4.78, 5) is 2.70. The van der Waals surface area contributed by atoms with Crippen molar-refractivity contribution in [2.24, 2.45) is 0 Å². The lowest BCUT2D eigenvalue weighted by molar-refractivity contribution is -0.276. The van der Waals surface area contributed by atoms with E-state index in [1.807, 2.05) is 0 Å². The first-order chi connectivity index (χ1) is 8.58. The summed E-state index contributed by atoms with van der Waals surface area (Å²) in [6.07, 6.45) is -10.2. The van der Waals surface area contributed by atoms with Crippen LogP contribution in [0.4, 0.5) is 26.3 Å². The highest BCUT2D eigenvalue weighted by molar-refractivity contribution is 5.42. The third-order valence-corrected chi connectivity index (χ3v) is 1.93. The summed E-state index contributed by atoms with van der Waals surface area (Å²) >= 11 is 0. The van der Waals surface area contributed by atoms with Crippen LogP contribution in [0.2, 0.25) is 0 Å². The van der Waals surface area contributed by atoms with Crippen LogP contribution in [0.3, 0.4) is 0 Å². The third kappa shape index (κ3) is 3.88. The number of aromatic nitrogens is 1. The van der Waals surface area contributed by atoms with Gasteiger partial charge in [0.1, 0.15) is 5.75 Å². The van der Waals surface area contributed by atoms with Crippen LogP contribution >= 0.6 is 0 Å². The van der Waals surface area contributed by atoms with Crippen molar-refractivity contribution in [1.29, 1.82) is 0 Å². The predicted molar refractivity (Wildman–Crippen MR) is 48.4 cm³/mol. The molecule has 0 fully saturated rings. The van der Waals surface area contributed by atoms with Gasteiger partial charge in [0.25, 0.3) is 0 Å². The standard InChI is InChI=1S/C9H7F6NO3/c1-18-5-2-6(8(10,11)12)16-7(4(5)3-17)19-9(13,14)15/h2,17H,3H2,1H3. The van der Waals surface area contributed by atoms with E-state index >= 15 is 0 Å². The summed E-state index contributed by atoms with van der Waals surface area (Å²) in [6, 6.07) is 0.370. The molecule has 1 heterocycles. The summed E-state index contributed by atoms with van der Waals surface area (Å²) in [5.41, 5.74) is -2.26. The maximum Gasteiger partial charge on any atom is 0.574 e. The van der Waals surface area contributed by atoms with E-state index in [0.717, 1.165) is 7.11 Å². The van der Waals surface area contributed by atoms with Crippen LogP contribution in [-0.4, -0.2) is 23.6 Å². The van der Waals surface area contributed by atoms with E-state index in [2.05, 4.69) is 14.5 Å². The number of hydrogen-bond donors (Lipinski definition) is 1. The lowest BCUT2D eigenvalue weighted by Gasteiger charge is -2.16. The largest absolute Gasteiger partial charge is 0.574 e. The van der Waals surface area contributed by atoms with Crippen molar-refractivity contribution in [2.75, 3.05) is 7.11 Å². The van der Waals surface area contributed by atoms with Gasteiger partial charge >= 0.3 is 12.5 Å². The molecule has 0 spiro atoms. The molecular formula is C9H7F6NO3. The number of rotatable bonds is 3. The van der Waals surface area contributed by atoms with Gasteiger partial charge in [0.15, 0.2) is 5.69 Å². The Morgan fingerprint density at radius 1 is 1.21 bits per heavy atom. The molecular weight excluding hydrogens is 284 g/mol. The van der Waals surface area contributed by atoms with Crippen LogP contribution in [0.5, 0.6) is 11.6 Å². The topological polar surface area (TPSA) is 51.6 Å². The predicted octanol–water partition coefficient (Wildman–Crippen LogP) is 2.50. The fourth-order valence-electron chi connectivity index (χ4n) is 1.19. The number of aliphatic hydroxyl groups is 1. The molecule has 1 rings (SSSR count). The number of pyridine rings is 1. The Balaban J connectivity index is 3.40. The summed E-state index contributed by atoms with van der Waals surface area (Å²) in [6.45, 7) is -1.03. The highest BCUT2D eigenvalue weighted by Gasteiger charge is 2.38. The van der Waals surface area contributed by atoms with E-state index in [0.29, 0.717) is 6.07 Å². The molecule has 4 nitrogen and oxygen atoms in total. The van der Waals surface area contributed by atoms with Crippen LogP contribution in [0.15, 0.2) is 6.07 Å². The Morgan fingerprint density at radius 3 is 2.16 bits per heavy atom. The lowest BCUT2D eigenvalue weighted by atomic mass is 10.2. The van der Waals surface area contributed by atoms with E-state index < -0.39 is 42.0 Å². The van der Waals surface area contributed by atoms with Gasteiger partial charge in [-0.3, -0.25) is 0 Å². The van der Waals surface area contributed by atoms with E-state index in [9.17, 15) is 26.3 Å². The molecule has 10 heteroatoms. The molecule has 1 N–H and O–H groups in total. The van der Waals surface area contributed by atoms with Gasteiger partial charge in [0.2, 0.25) is 5.88 Å². The summed E-state index contributed by atoms with van der Waals surface area (Å²) in [7, 11) is 0.937. The number of hydrogen-bond acceptors (Lipinski definition) is 4. The van der Waals surface area contributed by atoms with Gasteiger partial charge in [-0.05, 0) is 0 Å². The second-order valence-electron chi connectivity index (χ2n) is 3.20. The Hall–Kier alpha value is -1.71. The van der Waals surface area contributed by atoms with Crippen molar-refractivity contribution in [3.63, 3.8) is 0 Å². The normalized spacial score (nSPS) is 12.4. The first kappa shape index (κ1) is 15.3. The SMILES string of the molecule is COc1cc(C(F)(F)F)nc(OC(F)(F)F)c1CO. The minimum Gasteiger partial charge on any atom is -0.496 e. The zero-order valence-electron chi connectivity index (χ0n) is 9.26. The molecule has 108 valence electrons. The van der Waals surface area contributed by atoms with E-state index in [4.69, 9.17) is 5.11 Å². The van der Waals surface area contributed by atoms with Crippen LogP contribution in [0, 0.1) is 0 Å². The summed E-state index contributed by atoms with van der Waals surface area (Å²) < 4.78 is 81.3. The highest BCUT2D eigenvalue weighted by atomic mass is 19.4. The van der Waals surface area contributed by atoms with Crippen LogP contribution in [0.25, 0.3) is 0 Å². The zero-order chi connectivity index (χ0) is 14.8. The average Bonchev–Trinajstić information content (AvgIpc) is 2.24. The van der Waals surface area contributed by atoms with Gasteiger partial charge in [0.05, 0.1) is 19.3 Å². The number of nitrogens with zero attached hydrogens (tertiary/aromatic N) is 1. The van der Waals surface area contributed by atoms with Crippen molar-refractivity contribution in [2.45, 2.75) is 19.1 Å². The molecule has 0 aliphatic carbocycles. The number of methoxy groups -OCH3 is 1. The van der Waals surface area contributed by atoms with E-state index in [-0.39, 0.29) is 0 Å². The molecule has 0 unspecified atom stereocenters. The van der Waals surface area contributed by atoms with Crippen molar-refractivity contribution < 1.29 is 40.9 Å². The summed E-state index contributed by atoms with van der Waals surface area (Å²) in [5, 5.41) is 8.87. The molecule has 0 aromatic carbocycles. The number of halogens is 6. The van der Waals surface area contributed by atoms with Crippen molar-refractivity contribution in [3.8, 4) is 11.6 Å². The second kappa shape index (κ2) is 5.11. The smallest absolute Gasteiger partial charge is 0.496 e. The molecule has 0 aliphatic rings. The van der Waals surface area contributed by atoms with Crippen LogP contribution in [-0.2, 0) is 12.8 Å². The Labute approximate surface area is 102 Å². The minimum absolute atomic E-state index is 0.370. The second-order valence-corrected chi connectivity index (χ2v) is 3.20. The lowest BCUT2D eigenvalue weighted by Crippen LogP contribution is -2.21. The number of aliphatic hydroxyl groups excluding tert-OH is 1. The molecule has 0 aliphatic heterocycles. The monoisotopic (exact) mass is 291 g/mol. The zero-order valence-corrected chi connectivity index (χ0v) is 9.26. The molecule has 0 saturated heterocycles. The fourth-order valence-corrected chi connectivity index (χ4v) is 1.19. The Kier molecular flexibility index (Phi) is 4.13. The highest BCUT2D eigenvalue weighted by Crippen LogP contribution is 2.37. The molecule has 0 saturated carbocycles. The molecule has 0 bridgehead atoms. The number of alkyl halides is 6. The van der Waals surface area contributed by atoms with Gasteiger partial charge in [-0.2, -0.15) is 13.2 Å². The van der Waals surface area contributed by atoms with Crippen molar-refractivity contribution in [1.82, 2.24) is 4.98 Å². The van der Waals surface area contributed by atoms with Crippen LogP contribution < -0.4 is 9.47 Å². The summed E-state index contributed by atoms with van der Waals surface area (Å²) in [5.74, 6) is -2.01. The number of ether oxygens (including phenoxy) is 2. The minimum atomic E-state index is -5.24. The fraction of sp³-hybridized carbons (Fsp3) is 0.444. The van der Waals surface area contributed by atoms with Gasteiger partial charge in [0, 0.05) is 6.07 Å². The van der Waals surface area contributed by atoms with E-state index in [1.165, 1.54) is 0 Å². The van der Waals surface area contributed by atoms with Gasteiger partial charge in [-0.15, -0.1) is 13.2 Å². The van der Waals surface area contributed by atoms with Crippen LogP contribution in [0.1, 0.15) is 11.3 Å². The maximum absolute atomic E-state index is 12.4. The molecule has 19 heavy (non-hydrogen) atoms. The van der Waals surface area contributed by atoms with Gasteiger partial charge < -0.3 is 14.6 Å². The first-order valence-electron chi connectivity index (χ1n) is 4.60. The van der Waals surface area contributed by atoms with E-state index in [1.54, 1.807) is 0 Å². The maximum atomic E-state index is 12.4.